The molecule has 6 heteroatoms. The zero-order chi connectivity index (χ0) is 14.7. The van der Waals surface area contributed by atoms with E-state index in [-0.39, 0.29) is 12.0 Å². The molecule has 1 atom stereocenters. The van der Waals surface area contributed by atoms with E-state index in [1.165, 1.54) is 0 Å². The van der Waals surface area contributed by atoms with Crippen LogP contribution in [0.4, 0.5) is 0 Å². The maximum Gasteiger partial charge on any atom is 0.254 e. The number of pyridine rings is 1. The molecule has 1 aromatic carbocycles. The van der Waals surface area contributed by atoms with Crippen molar-refractivity contribution in [1.82, 2.24) is 10.3 Å². The molecule has 0 saturated heterocycles. The highest BCUT2D eigenvalue weighted by Gasteiger charge is 2.21. The molecule has 1 unspecified atom stereocenters. The number of rotatable bonds is 3. The summed E-state index contributed by atoms with van der Waals surface area (Å²) in [5, 5.41) is 2.83. The summed E-state index contributed by atoms with van der Waals surface area (Å²) in [5.41, 5.74) is 0.495. The number of benzene rings is 1. The fourth-order valence-corrected chi connectivity index (χ4v) is 2.45. The van der Waals surface area contributed by atoms with Gasteiger partial charge in [-0.25, -0.2) is 4.98 Å². The molecule has 1 aromatic heterocycles. The molecule has 108 valence electrons. The van der Waals surface area contributed by atoms with Crippen LogP contribution in [-0.2, 0) is 0 Å². The normalized spacial score (nSPS) is 16.3. The van der Waals surface area contributed by atoms with Gasteiger partial charge in [-0.2, -0.15) is 0 Å². The van der Waals surface area contributed by atoms with Gasteiger partial charge in [-0.3, -0.25) is 4.79 Å². The molecule has 1 aliphatic rings. The van der Waals surface area contributed by atoms with Gasteiger partial charge >= 0.3 is 0 Å². The van der Waals surface area contributed by atoms with E-state index in [9.17, 15) is 4.79 Å². The first-order valence-corrected chi connectivity index (χ1v) is 7.30. The number of carbonyl (C=O) groups excluding carboxylic acids is 1. The van der Waals surface area contributed by atoms with Crippen molar-refractivity contribution in [3.8, 4) is 11.5 Å². The summed E-state index contributed by atoms with van der Waals surface area (Å²) in [5.74, 6) is 1.23. The predicted molar refractivity (Wildman–Crippen MR) is 80.6 cm³/mol. The van der Waals surface area contributed by atoms with Crippen molar-refractivity contribution in [2.45, 2.75) is 6.10 Å². The quantitative estimate of drug-likeness (QED) is 0.865. The van der Waals surface area contributed by atoms with Crippen LogP contribution in [0.3, 0.4) is 0 Å². The summed E-state index contributed by atoms with van der Waals surface area (Å²) in [6.07, 6.45) is 1.41. The van der Waals surface area contributed by atoms with E-state index < -0.39 is 0 Å². The third-order valence-electron chi connectivity index (χ3n) is 3.06. The maximum atomic E-state index is 12.1. The number of nitrogens with zero attached hydrogens (tertiary/aromatic N) is 1. The minimum Gasteiger partial charge on any atom is -0.486 e. The molecule has 0 radical (unpaired) electrons. The number of hydrogen-bond acceptors (Lipinski definition) is 4. The minimum absolute atomic E-state index is 0.197. The van der Waals surface area contributed by atoms with Crippen LogP contribution >= 0.6 is 15.9 Å². The number of para-hydroxylation sites is 2. The number of amides is 1. The van der Waals surface area contributed by atoms with Crippen molar-refractivity contribution < 1.29 is 14.3 Å². The third kappa shape index (κ3) is 3.16. The Kier molecular flexibility index (Phi) is 4.06. The molecule has 0 spiro atoms. The Morgan fingerprint density at radius 2 is 2.10 bits per heavy atom. The maximum absolute atomic E-state index is 12.1. The largest absolute Gasteiger partial charge is 0.486 e. The molecule has 1 amide bonds. The van der Waals surface area contributed by atoms with Crippen LogP contribution in [0.15, 0.2) is 47.2 Å². The lowest BCUT2D eigenvalue weighted by molar-refractivity contribution is 0.0788. The van der Waals surface area contributed by atoms with Gasteiger partial charge in [0.25, 0.3) is 5.91 Å². The molecule has 0 aliphatic carbocycles. The number of aromatic nitrogens is 1. The Morgan fingerprint density at radius 3 is 2.90 bits per heavy atom. The van der Waals surface area contributed by atoms with Crippen molar-refractivity contribution in [1.29, 1.82) is 0 Å². The van der Waals surface area contributed by atoms with E-state index in [2.05, 4.69) is 26.2 Å². The lowest BCUT2D eigenvalue weighted by Crippen LogP contribution is -2.40. The van der Waals surface area contributed by atoms with Crippen molar-refractivity contribution in [2.75, 3.05) is 13.2 Å². The molecule has 1 aliphatic heterocycles. The number of ether oxygens (including phenoxy) is 2. The van der Waals surface area contributed by atoms with Crippen molar-refractivity contribution >= 4 is 21.8 Å². The molecule has 0 bridgehead atoms. The van der Waals surface area contributed by atoms with Crippen LogP contribution in [-0.4, -0.2) is 30.1 Å². The van der Waals surface area contributed by atoms with Crippen LogP contribution in [0.1, 0.15) is 10.4 Å². The zero-order valence-electron chi connectivity index (χ0n) is 11.1. The molecule has 3 rings (SSSR count). The zero-order valence-corrected chi connectivity index (χ0v) is 12.7. The molecule has 1 N–H and O–H groups in total. The SMILES string of the molecule is O=C(NCC1COc2ccccc2O1)c1cccnc1Br. The first-order chi connectivity index (χ1) is 10.2. The van der Waals surface area contributed by atoms with Gasteiger partial charge in [-0.1, -0.05) is 12.1 Å². The summed E-state index contributed by atoms with van der Waals surface area (Å²) in [6.45, 7) is 0.778. The smallest absolute Gasteiger partial charge is 0.254 e. The highest BCUT2D eigenvalue weighted by molar-refractivity contribution is 9.10. The number of nitrogens with one attached hydrogen (secondary N) is 1. The van der Waals surface area contributed by atoms with E-state index in [0.29, 0.717) is 29.1 Å². The Balaban J connectivity index is 1.59. The Bertz CT molecular complexity index is 663. The fraction of sp³-hybridized carbons (Fsp3) is 0.200. The predicted octanol–water partition coefficient (Wildman–Crippen LogP) is 2.41. The lowest BCUT2D eigenvalue weighted by atomic mass is 10.2. The van der Waals surface area contributed by atoms with Crippen LogP contribution < -0.4 is 14.8 Å². The van der Waals surface area contributed by atoms with E-state index in [1.54, 1.807) is 18.3 Å². The van der Waals surface area contributed by atoms with Gasteiger partial charge in [-0.15, -0.1) is 0 Å². The lowest BCUT2D eigenvalue weighted by Gasteiger charge is -2.26. The number of hydrogen-bond donors (Lipinski definition) is 1. The van der Waals surface area contributed by atoms with Crippen molar-refractivity contribution in [2.24, 2.45) is 0 Å². The van der Waals surface area contributed by atoms with Gasteiger partial charge in [0, 0.05) is 6.20 Å². The third-order valence-corrected chi connectivity index (χ3v) is 3.69. The summed E-state index contributed by atoms with van der Waals surface area (Å²) in [4.78, 5) is 16.1. The number of carbonyl (C=O) groups is 1. The molecule has 5 nitrogen and oxygen atoms in total. The summed E-state index contributed by atoms with van der Waals surface area (Å²) < 4.78 is 11.9. The van der Waals surface area contributed by atoms with Gasteiger partial charge < -0.3 is 14.8 Å². The van der Waals surface area contributed by atoms with Gasteiger partial charge in [0.1, 0.15) is 17.3 Å². The molecular formula is C15H13BrN2O3. The minimum atomic E-state index is -0.209. The van der Waals surface area contributed by atoms with E-state index >= 15 is 0 Å². The standard InChI is InChI=1S/C15H13BrN2O3/c16-14-11(4-3-7-17-14)15(19)18-8-10-9-20-12-5-1-2-6-13(12)21-10/h1-7,10H,8-9H2,(H,18,19). The second-order valence-corrected chi connectivity index (χ2v) is 5.30. The average Bonchev–Trinajstić information content (AvgIpc) is 2.53. The fourth-order valence-electron chi connectivity index (χ4n) is 2.02. The Morgan fingerprint density at radius 1 is 1.29 bits per heavy atom. The monoisotopic (exact) mass is 348 g/mol. The van der Waals surface area contributed by atoms with Gasteiger partial charge in [-0.05, 0) is 40.2 Å². The van der Waals surface area contributed by atoms with Crippen LogP contribution in [0.2, 0.25) is 0 Å². The highest BCUT2D eigenvalue weighted by Crippen LogP contribution is 2.30. The summed E-state index contributed by atoms with van der Waals surface area (Å²) in [7, 11) is 0. The first-order valence-electron chi connectivity index (χ1n) is 6.51. The van der Waals surface area contributed by atoms with Gasteiger partial charge in [0.05, 0.1) is 12.1 Å². The first kappa shape index (κ1) is 13.9. The average molecular weight is 349 g/mol. The molecular weight excluding hydrogens is 336 g/mol. The van der Waals surface area contributed by atoms with Crippen molar-refractivity contribution in [3.63, 3.8) is 0 Å². The summed E-state index contributed by atoms with van der Waals surface area (Å²) >= 11 is 3.26. The highest BCUT2D eigenvalue weighted by atomic mass is 79.9. The second kappa shape index (κ2) is 6.13. The van der Waals surface area contributed by atoms with E-state index in [1.807, 2.05) is 24.3 Å². The van der Waals surface area contributed by atoms with Gasteiger partial charge in [0.15, 0.2) is 11.5 Å². The second-order valence-electron chi connectivity index (χ2n) is 4.55. The van der Waals surface area contributed by atoms with Crippen LogP contribution in [0.25, 0.3) is 0 Å². The molecule has 21 heavy (non-hydrogen) atoms. The number of halogens is 1. The van der Waals surface area contributed by atoms with E-state index in [4.69, 9.17) is 9.47 Å². The topological polar surface area (TPSA) is 60.5 Å². The van der Waals surface area contributed by atoms with Gasteiger partial charge in [0.2, 0.25) is 0 Å². The van der Waals surface area contributed by atoms with E-state index in [0.717, 1.165) is 5.75 Å². The van der Waals surface area contributed by atoms with Crippen LogP contribution in [0.5, 0.6) is 11.5 Å². The summed E-state index contributed by atoms with van der Waals surface area (Å²) in [6, 6.07) is 10.9. The number of fused-ring (bicyclic) bond motifs is 1. The molecule has 0 fully saturated rings. The molecule has 2 heterocycles. The Labute approximate surface area is 130 Å². The van der Waals surface area contributed by atoms with Crippen LogP contribution in [0, 0.1) is 0 Å². The molecule has 0 saturated carbocycles. The molecule has 2 aromatic rings. The Hall–Kier alpha value is -2.08. The van der Waals surface area contributed by atoms with Crippen molar-refractivity contribution in [3.05, 3.63) is 52.8 Å².